The number of sulfonamides is 1. The van der Waals surface area contributed by atoms with Crippen molar-refractivity contribution in [1.82, 2.24) is 0 Å². The fourth-order valence-electron chi connectivity index (χ4n) is 3.28. The van der Waals surface area contributed by atoms with E-state index in [4.69, 9.17) is 18.9 Å². The number of para-hydroxylation sites is 2. The van der Waals surface area contributed by atoms with Gasteiger partial charge in [0.15, 0.2) is 11.5 Å². The summed E-state index contributed by atoms with van der Waals surface area (Å²) in [6.45, 7) is 0. The lowest BCUT2D eigenvalue weighted by Crippen LogP contribution is -2.16. The van der Waals surface area contributed by atoms with E-state index < -0.39 is 10.0 Å². The second-order valence-corrected chi connectivity index (χ2v) is 8.77. The van der Waals surface area contributed by atoms with Gasteiger partial charge in [-0.15, -0.1) is 0 Å². The number of carbonyl (C=O) groups is 1. The number of nitrogens with one attached hydrogen (secondary N) is 2. The number of amides is 1. The van der Waals surface area contributed by atoms with Gasteiger partial charge in [-0.25, -0.2) is 8.42 Å². The number of benzene rings is 3. The lowest BCUT2D eigenvalue weighted by molar-refractivity contribution is -0.115. The van der Waals surface area contributed by atoms with Crippen LogP contribution in [0.5, 0.6) is 23.0 Å². The van der Waals surface area contributed by atoms with Crippen molar-refractivity contribution >= 4 is 27.3 Å². The quantitative estimate of drug-likeness (QED) is 0.449. The second-order valence-electron chi connectivity index (χ2n) is 7.09. The van der Waals surface area contributed by atoms with Gasteiger partial charge in [0.25, 0.3) is 10.0 Å². The van der Waals surface area contributed by atoms with Gasteiger partial charge in [-0.2, -0.15) is 0 Å². The Labute approximate surface area is 198 Å². The average molecular weight is 487 g/mol. The van der Waals surface area contributed by atoms with Gasteiger partial charge in [0.05, 0.1) is 45.4 Å². The van der Waals surface area contributed by atoms with E-state index in [0.29, 0.717) is 39.9 Å². The number of methoxy groups -OCH3 is 4. The maximum atomic E-state index is 12.7. The summed E-state index contributed by atoms with van der Waals surface area (Å²) in [6.07, 6.45) is 0.0477. The molecule has 0 saturated heterocycles. The Kier molecular flexibility index (Phi) is 7.85. The fourth-order valence-corrected chi connectivity index (χ4v) is 4.35. The van der Waals surface area contributed by atoms with Crippen LogP contribution >= 0.6 is 0 Å². The highest BCUT2D eigenvalue weighted by molar-refractivity contribution is 7.92. The number of ether oxygens (including phenoxy) is 4. The molecule has 1 amide bonds. The first-order valence-electron chi connectivity index (χ1n) is 10.2. The van der Waals surface area contributed by atoms with Gasteiger partial charge in [0.1, 0.15) is 5.75 Å². The molecule has 9 nitrogen and oxygen atoms in total. The van der Waals surface area contributed by atoms with Crippen molar-refractivity contribution in [2.24, 2.45) is 0 Å². The summed E-state index contributed by atoms with van der Waals surface area (Å²) in [4.78, 5) is 12.6. The summed E-state index contributed by atoms with van der Waals surface area (Å²) < 4.78 is 49.1. The lowest BCUT2D eigenvalue weighted by atomic mass is 10.1. The first-order chi connectivity index (χ1) is 16.3. The normalized spacial score (nSPS) is 10.8. The van der Waals surface area contributed by atoms with Gasteiger partial charge in [0.2, 0.25) is 11.7 Å². The van der Waals surface area contributed by atoms with E-state index in [1.807, 2.05) is 0 Å². The van der Waals surface area contributed by atoms with Crippen LogP contribution in [0, 0.1) is 0 Å². The third-order valence-electron chi connectivity index (χ3n) is 4.89. The van der Waals surface area contributed by atoms with Gasteiger partial charge in [-0.1, -0.05) is 12.1 Å². The van der Waals surface area contributed by atoms with E-state index in [1.165, 1.54) is 52.7 Å². The average Bonchev–Trinajstić information content (AvgIpc) is 2.83. The summed E-state index contributed by atoms with van der Waals surface area (Å²) in [5.74, 6) is 1.44. The third kappa shape index (κ3) is 5.70. The van der Waals surface area contributed by atoms with Crippen molar-refractivity contribution in [3.05, 3.63) is 66.2 Å². The molecule has 0 aliphatic rings. The fraction of sp³-hybridized carbons (Fsp3) is 0.208. The van der Waals surface area contributed by atoms with Gasteiger partial charge >= 0.3 is 0 Å². The maximum Gasteiger partial charge on any atom is 0.262 e. The van der Waals surface area contributed by atoms with E-state index in [9.17, 15) is 13.2 Å². The zero-order chi connectivity index (χ0) is 24.7. The SMILES string of the molecule is COc1ccccc1NS(=O)(=O)c1ccc(NC(=O)Cc2cc(OC)c(OC)c(OC)c2)cc1. The Balaban J connectivity index is 1.70. The van der Waals surface area contributed by atoms with Gasteiger partial charge in [-0.3, -0.25) is 9.52 Å². The van der Waals surface area contributed by atoms with Crippen molar-refractivity contribution in [2.75, 3.05) is 38.5 Å². The monoisotopic (exact) mass is 486 g/mol. The predicted octanol–water partition coefficient (Wildman–Crippen LogP) is 3.70. The van der Waals surface area contributed by atoms with Crippen LogP contribution in [0.1, 0.15) is 5.56 Å². The second kappa shape index (κ2) is 10.8. The zero-order valence-corrected chi connectivity index (χ0v) is 20.1. The minimum absolute atomic E-state index is 0.0426. The first-order valence-corrected chi connectivity index (χ1v) is 11.6. The van der Waals surface area contributed by atoms with Gasteiger partial charge in [0, 0.05) is 5.69 Å². The van der Waals surface area contributed by atoms with Crippen molar-refractivity contribution < 1.29 is 32.2 Å². The van der Waals surface area contributed by atoms with E-state index in [0.717, 1.165) is 0 Å². The third-order valence-corrected chi connectivity index (χ3v) is 6.27. The Bertz CT molecular complexity index is 1230. The molecular weight excluding hydrogens is 460 g/mol. The van der Waals surface area contributed by atoms with Crippen molar-refractivity contribution in [1.29, 1.82) is 0 Å². The van der Waals surface area contributed by atoms with Crippen LogP contribution in [0.3, 0.4) is 0 Å². The molecular formula is C24H26N2O7S. The van der Waals surface area contributed by atoms with Crippen LogP contribution in [-0.4, -0.2) is 42.8 Å². The van der Waals surface area contributed by atoms with Crippen LogP contribution in [0.25, 0.3) is 0 Å². The highest BCUT2D eigenvalue weighted by Crippen LogP contribution is 2.38. The summed E-state index contributed by atoms with van der Waals surface area (Å²) in [5.41, 5.74) is 1.44. The van der Waals surface area contributed by atoms with Crippen LogP contribution in [0.15, 0.2) is 65.6 Å². The number of hydrogen-bond donors (Lipinski definition) is 2. The summed E-state index contributed by atoms with van der Waals surface area (Å²) in [6, 6.07) is 15.9. The first kappa shape index (κ1) is 24.7. The standard InChI is InChI=1S/C24H26N2O7S/c1-30-20-8-6-5-7-19(20)26-34(28,29)18-11-9-17(10-12-18)25-23(27)15-16-13-21(31-2)24(33-4)22(14-16)32-3/h5-14,26H,15H2,1-4H3,(H,25,27). The molecule has 0 atom stereocenters. The molecule has 0 unspecified atom stereocenters. The topological polar surface area (TPSA) is 112 Å². The maximum absolute atomic E-state index is 12.7. The largest absolute Gasteiger partial charge is 0.495 e. The van der Waals surface area contributed by atoms with Crippen molar-refractivity contribution in [3.8, 4) is 23.0 Å². The number of rotatable bonds is 10. The predicted molar refractivity (Wildman–Crippen MR) is 129 cm³/mol. The summed E-state index contributed by atoms with van der Waals surface area (Å²) in [7, 11) is 2.12. The number of anilines is 2. The van der Waals surface area contributed by atoms with Crippen LogP contribution < -0.4 is 29.0 Å². The molecule has 0 radical (unpaired) electrons. The molecule has 0 aromatic heterocycles. The zero-order valence-electron chi connectivity index (χ0n) is 19.2. The highest BCUT2D eigenvalue weighted by atomic mass is 32.2. The molecule has 3 aromatic rings. The molecule has 0 aliphatic carbocycles. The van der Waals surface area contributed by atoms with Crippen molar-refractivity contribution in [3.63, 3.8) is 0 Å². The Morgan fingerprint density at radius 2 is 1.38 bits per heavy atom. The highest BCUT2D eigenvalue weighted by Gasteiger charge is 2.17. The number of carbonyl (C=O) groups excluding carboxylic acids is 1. The van der Waals surface area contributed by atoms with E-state index >= 15 is 0 Å². The molecule has 10 heteroatoms. The Morgan fingerprint density at radius 3 is 1.94 bits per heavy atom. The molecule has 34 heavy (non-hydrogen) atoms. The molecule has 0 saturated carbocycles. The molecule has 0 fully saturated rings. The molecule has 3 aromatic carbocycles. The summed E-state index contributed by atoms with van der Waals surface area (Å²) in [5, 5.41) is 2.75. The van der Waals surface area contributed by atoms with Gasteiger partial charge < -0.3 is 24.3 Å². The summed E-state index contributed by atoms with van der Waals surface area (Å²) >= 11 is 0. The molecule has 0 spiro atoms. The molecule has 0 heterocycles. The van der Waals surface area contributed by atoms with Crippen LogP contribution in [0.2, 0.25) is 0 Å². The van der Waals surface area contributed by atoms with Crippen molar-refractivity contribution in [2.45, 2.75) is 11.3 Å². The minimum atomic E-state index is -3.84. The van der Waals surface area contributed by atoms with Gasteiger partial charge in [-0.05, 0) is 54.1 Å². The molecule has 0 bridgehead atoms. The molecule has 3 rings (SSSR count). The smallest absolute Gasteiger partial charge is 0.262 e. The minimum Gasteiger partial charge on any atom is -0.495 e. The van der Waals surface area contributed by atoms with E-state index in [2.05, 4.69) is 10.0 Å². The van der Waals surface area contributed by atoms with Crippen LogP contribution in [0.4, 0.5) is 11.4 Å². The van der Waals surface area contributed by atoms with Crippen LogP contribution in [-0.2, 0) is 21.2 Å². The molecule has 2 N–H and O–H groups in total. The molecule has 0 aliphatic heterocycles. The molecule has 180 valence electrons. The lowest BCUT2D eigenvalue weighted by Gasteiger charge is -2.14. The van der Waals surface area contributed by atoms with E-state index in [1.54, 1.807) is 36.4 Å². The van der Waals surface area contributed by atoms with E-state index in [-0.39, 0.29) is 17.2 Å². The number of hydrogen-bond acceptors (Lipinski definition) is 7. The Morgan fingerprint density at radius 1 is 0.794 bits per heavy atom. The Hall–Kier alpha value is -3.92.